The highest BCUT2D eigenvalue weighted by molar-refractivity contribution is 9.10. The normalized spacial score (nSPS) is 12.5. The highest BCUT2D eigenvalue weighted by Crippen LogP contribution is 2.28. The maximum atomic E-state index is 6.09. The molecule has 1 unspecified atom stereocenters. The molecule has 3 aromatic rings. The summed E-state index contributed by atoms with van der Waals surface area (Å²) >= 11 is 3.45. The van der Waals surface area contributed by atoms with Crippen molar-refractivity contribution in [2.45, 2.75) is 19.9 Å². The molecule has 0 fully saturated rings. The fraction of sp³-hybridized carbons (Fsp3) is 0.200. The molecular weight excluding hydrogens is 330 g/mol. The average Bonchev–Trinajstić information content (AvgIpc) is 3.09. The Balaban J connectivity index is 1.94. The maximum absolute atomic E-state index is 6.09. The van der Waals surface area contributed by atoms with Gasteiger partial charge in [-0.1, -0.05) is 18.2 Å². The molecule has 6 heteroatoms. The molecule has 0 radical (unpaired) electrons. The summed E-state index contributed by atoms with van der Waals surface area (Å²) in [4.78, 5) is 0. The Bertz CT molecular complexity index is 760. The molecule has 0 aliphatic heterocycles. The molecule has 0 spiro atoms. The standard InChI is InChI=1S/C15H16BrN5/c1-10-14(16)15(17)21(19-10)11(2)12-8-18-20(9-12)13-6-4-3-5-7-13/h3-9,11H,17H2,1-2H3. The number of anilines is 1. The van der Waals surface area contributed by atoms with E-state index in [9.17, 15) is 0 Å². The number of aromatic nitrogens is 4. The summed E-state index contributed by atoms with van der Waals surface area (Å²) < 4.78 is 4.52. The van der Waals surface area contributed by atoms with Crippen molar-refractivity contribution in [3.8, 4) is 5.69 Å². The summed E-state index contributed by atoms with van der Waals surface area (Å²) in [7, 11) is 0. The number of nitrogens with two attached hydrogens (primary N) is 1. The van der Waals surface area contributed by atoms with Crippen LogP contribution in [0.3, 0.4) is 0 Å². The molecule has 21 heavy (non-hydrogen) atoms. The van der Waals surface area contributed by atoms with Crippen molar-refractivity contribution in [3.05, 3.63) is 58.5 Å². The molecule has 0 saturated carbocycles. The molecule has 0 amide bonds. The van der Waals surface area contributed by atoms with Crippen molar-refractivity contribution < 1.29 is 0 Å². The minimum Gasteiger partial charge on any atom is -0.383 e. The van der Waals surface area contributed by atoms with Gasteiger partial charge in [-0.05, 0) is 41.9 Å². The smallest absolute Gasteiger partial charge is 0.137 e. The number of hydrogen-bond acceptors (Lipinski definition) is 3. The molecule has 1 aromatic carbocycles. The Morgan fingerprint density at radius 3 is 2.57 bits per heavy atom. The Labute approximate surface area is 131 Å². The van der Waals surface area contributed by atoms with E-state index in [1.807, 2.05) is 59.0 Å². The van der Waals surface area contributed by atoms with Crippen LogP contribution < -0.4 is 5.73 Å². The lowest BCUT2D eigenvalue weighted by Gasteiger charge is -2.11. The number of rotatable bonds is 3. The quantitative estimate of drug-likeness (QED) is 0.791. The molecular formula is C15H16BrN5. The fourth-order valence-electron chi connectivity index (χ4n) is 2.26. The largest absolute Gasteiger partial charge is 0.383 e. The molecule has 2 aromatic heterocycles. The van der Waals surface area contributed by atoms with Crippen molar-refractivity contribution in [1.82, 2.24) is 19.6 Å². The van der Waals surface area contributed by atoms with E-state index in [1.54, 1.807) is 0 Å². The third-order valence-electron chi connectivity index (χ3n) is 3.52. The maximum Gasteiger partial charge on any atom is 0.137 e. The van der Waals surface area contributed by atoms with Crippen LogP contribution in [-0.4, -0.2) is 19.6 Å². The van der Waals surface area contributed by atoms with Gasteiger partial charge in [0.05, 0.1) is 28.1 Å². The van der Waals surface area contributed by atoms with Gasteiger partial charge in [-0.15, -0.1) is 0 Å². The molecule has 2 N–H and O–H groups in total. The van der Waals surface area contributed by atoms with E-state index in [0.29, 0.717) is 5.82 Å². The number of nitrogens with zero attached hydrogens (tertiary/aromatic N) is 4. The topological polar surface area (TPSA) is 61.7 Å². The molecule has 0 aliphatic carbocycles. The first-order chi connectivity index (χ1) is 10.1. The molecule has 0 bridgehead atoms. The van der Waals surface area contributed by atoms with E-state index in [2.05, 4.69) is 33.1 Å². The van der Waals surface area contributed by atoms with Gasteiger partial charge in [0.1, 0.15) is 5.82 Å². The van der Waals surface area contributed by atoms with E-state index >= 15 is 0 Å². The molecule has 2 heterocycles. The Hall–Kier alpha value is -2.08. The summed E-state index contributed by atoms with van der Waals surface area (Å²) in [5.74, 6) is 0.632. The second-order valence-electron chi connectivity index (χ2n) is 4.96. The number of nitrogen functional groups attached to an aromatic ring is 1. The molecule has 3 rings (SSSR count). The summed E-state index contributed by atoms with van der Waals surface area (Å²) in [5.41, 5.74) is 9.06. The fourth-order valence-corrected chi connectivity index (χ4v) is 2.52. The van der Waals surface area contributed by atoms with Crippen LogP contribution in [-0.2, 0) is 0 Å². The lowest BCUT2D eigenvalue weighted by Crippen LogP contribution is -2.11. The van der Waals surface area contributed by atoms with Crippen molar-refractivity contribution in [2.24, 2.45) is 0 Å². The predicted octanol–water partition coefficient (Wildman–Crippen LogP) is 3.33. The lowest BCUT2D eigenvalue weighted by molar-refractivity contribution is 0.569. The van der Waals surface area contributed by atoms with Crippen LogP contribution in [0.1, 0.15) is 24.2 Å². The van der Waals surface area contributed by atoms with Crippen molar-refractivity contribution in [1.29, 1.82) is 0 Å². The monoisotopic (exact) mass is 345 g/mol. The van der Waals surface area contributed by atoms with Gasteiger partial charge in [-0.2, -0.15) is 10.2 Å². The van der Waals surface area contributed by atoms with Gasteiger partial charge >= 0.3 is 0 Å². The van der Waals surface area contributed by atoms with Gasteiger partial charge in [-0.3, -0.25) is 0 Å². The zero-order valence-electron chi connectivity index (χ0n) is 11.9. The van der Waals surface area contributed by atoms with Gasteiger partial charge in [0.2, 0.25) is 0 Å². The first-order valence-electron chi connectivity index (χ1n) is 6.68. The average molecular weight is 346 g/mol. The van der Waals surface area contributed by atoms with E-state index in [4.69, 9.17) is 5.73 Å². The van der Waals surface area contributed by atoms with Crippen LogP contribution >= 0.6 is 15.9 Å². The van der Waals surface area contributed by atoms with E-state index < -0.39 is 0 Å². The van der Waals surface area contributed by atoms with Crippen LogP contribution in [0.2, 0.25) is 0 Å². The molecule has 5 nitrogen and oxygen atoms in total. The number of benzene rings is 1. The van der Waals surface area contributed by atoms with Crippen LogP contribution in [0.4, 0.5) is 5.82 Å². The summed E-state index contributed by atoms with van der Waals surface area (Å²) in [5, 5.41) is 8.89. The van der Waals surface area contributed by atoms with Crippen LogP contribution in [0.5, 0.6) is 0 Å². The van der Waals surface area contributed by atoms with Gasteiger partial charge in [-0.25, -0.2) is 9.36 Å². The predicted molar refractivity (Wildman–Crippen MR) is 86.5 cm³/mol. The SMILES string of the molecule is Cc1nn(C(C)c2cnn(-c3ccccc3)c2)c(N)c1Br. The number of para-hydroxylation sites is 1. The third-order valence-corrected chi connectivity index (χ3v) is 4.50. The lowest BCUT2D eigenvalue weighted by atomic mass is 10.2. The molecule has 108 valence electrons. The minimum absolute atomic E-state index is 0.0208. The van der Waals surface area contributed by atoms with Crippen LogP contribution in [0.25, 0.3) is 5.69 Å². The zero-order chi connectivity index (χ0) is 15.0. The molecule has 0 saturated heterocycles. The highest BCUT2D eigenvalue weighted by atomic mass is 79.9. The first kappa shape index (κ1) is 13.9. The Morgan fingerprint density at radius 2 is 1.95 bits per heavy atom. The van der Waals surface area contributed by atoms with Crippen molar-refractivity contribution >= 4 is 21.7 Å². The molecule has 0 aliphatic rings. The number of hydrogen-bond donors (Lipinski definition) is 1. The summed E-state index contributed by atoms with van der Waals surface area (Å²) in [6.45, 7) is 3.98. The van der Waals surface area contributed by atoms with E-state index in [0.717, 1.165) is 21.4 Å². The second-order valence-corrected chi connectivity index (χ2v) is 5.75. The van der Waals surface area contributed by atoms with E-state index in [1.165, 1.54) is 0 Å². The Kier molecular flexibility index (Phi) is 3.55. The Morgan fingerprint density at radius 1 is 1.24 bits per heavy atom. The van der Waals surface area contributed by atoms with Gasteiger partial charge < -0.3 is 5.73 Å². The van der Waals surface area contributed by atoms with Gasteiger partial charge in [0.15, 0.2) is 0 Å². The van der Waals surface area contributed by atoms with Gasteiger partial charge in [0.25, 0.3) is 0 Å². The third kappa shape index (κ3) is 2.47. The van der Waals surface area contributed by atoms with Crippen LogP contribution in [0, 0.1) is 6.92 Å². The minimum atomic E-state index is 0.0208. The number of halogens is 1. The summed E-state index contributed by atoms with van der Waals surface area (Å²) in [6, 6.07) is 10.0. The number of aryl methyl sites for hydroxylation is 1. The second kappa shape index (κ2) is 5.37. The van der Waals surface area contributed by atoms with E-state index in [-0.39, 0.29) is 6.04 Å². The summed E-state index contributed by atoms with van der Waals surface area (Å²) in [6.07, 6.45) is 3.85. The van der Waals surface area contributed by atoms with Crippen molar-refractivity contribution in [2.75, 3.05) is 5.73 Å². The van der Waals surface area contributed by atoms with Crippen molar-refractivity contribution in [3.63, 3.8) is 0 Å². The first-order valence-corrected chi connectivity index (χ1v) is 7.47. The highest BCUT2D eigenvalue weighted by Gasteiger charge is 2.17. The van der Waals surface area contributed by atoms with Crippen LogP contribution in [0.15, 0.2) is 47.2 Å². The molecule has 1 atom stereocenters. The van der Waals surface area contributed by atoms with Gasteiger partial charge in [0, 0.05) is 11.8 Å². The zero-order valence-corrected chi connectivity index (χ0v) is 13.4.